The van der Waals surface area contributed by atoms with E-state index in [1.807, 2.05) is 91.0 Å². The number of benzene rings is 8. The molecule has 0 spiro atoms. The Labute approximate surface area is 360 Å². The molecular formula is C54H33N7S. The topological polar surface area (TPSA) is 82.3 Å². The van der Waals surface area contributed by atoms with Crippen molar-refractivity contribution in [3.8, 4) is 74.0 Å². The standard InChI is InChI=1S/C54H33N7S/c1-4-17-34(18-5-1)49-55-50(35-19-6-2-7-20-35)59-54(58-49)43-33-37(31-32-46(43)61-44-28-13-10-23-38(44)39-24-11-14-29-45(39)61)52-56-51(36-21-8-3-9-22-36)57-53(60-52)42-27-16-26-41-40-25-12-15-30-47(40)62-48(41)42/h1-33H. The summed E-state index contributed by atoms with van der Waals surface area (Å²) in [6.45, 7) is 0. The quantitative estimate of drug-likeness (QED) is 0.159. The molecule has 290 valence electrons. The van der Waals surface area contributed by atoms with Crippen molar-refractivity contribution in [1.82, 2.24) is 34.5 Å². The molecule has 4 heterocycles. The predicted octanol–water partition coefficient (Wildman–Crippen LogP) is 13.5. The van der Waals surface area contributed by atoms with E-state index in [0.29, 0.717) is 34.9 Å². The van der Waals surface area contributed by atoms with Crippen LogP contribution in [0.25, 0.3) is 116 Å². The van der Waals surface area contributed by atoms with Crippen LogP contribution in [-0.4, -0.2) is 34.5 Å². The fourth-order valence-corrected chi connectivity index (χ4v) is 9.64. The summed E-state index contributed by atoms with van der Waals surface area (Å²) >= 11 is 1.76. The van der Waals surface area contributed by atoms with Gasteiger partial charge >= 0.3 is 0 Å². The summed E-state index contributed by atoms with van der Waals surface area (Å²) in [5.41, 5.74) is 8.34. The molecule has 0 aliphatic carbocycles. The molecule has 0 atom stereocenters. The lowest BCUT2D eigenvalue weighted by molar-refractivity contribution is 1.06. The van der Waals surface area contributed by atoms with Crippen molar-refractivity contribution < 1.29 is 0 Å². The molecular weight excluding hydrogens is 779 g/mol. The van der Waals surface area contributed by atoms with Crippen molar-refractivity contribution in [2.45, 2.75) is 0 Å². The molecule has 0 amide bonds. The summed E-state index contributed by atoms with van der Waals surface area (Å²) in [7, 11) is 0. The first-order valence-corrected chi connectivity index (χ1v) is 21.3. The highest BCUT2D eigenvalue weighted by atomic mass is 32.1. The highest BCUT2D eigenvalue weighted by Crippen LogP contribution is 2.41. The molecule has 8 aromatic carbocycles. The summed E-state index contributed by atoms with van der Waals surface area (Å²) in [6.07, 6.45) is 0. The lowest BCUT2D eigenvalue weighted by Crippen LogP contribution is -2.05. The minimum atomic E-state index is 0.532. The summed E-state index contributed by atoms with van der Waals surface area (Å²) < 4.78 is 4.67. The third-order valence-electron chi connectivity index (χ3n) is 11.3. The van der Waals surface area contributed by atoms with Crippen molar-refractivity contribution in [1.29, 1.82) is 0 Å². The van der Waals surface area contributed by atoms with Crippen molar-refractivity contribution in [2.75, 3.05) is 0 Å². The maximum atomic E-state index is 5.30. The van der Waals surface area contributed by atoms with Crippen molar-refractivity contribution in [3.05, 3.63) is 200 Å². The zero-order valence-corrected chi connectivity index (χ0v) is 33.9. The second kappa shape index (κ2) is 14.8. The van der Waals surface area contributed by atoms with E-state index in [1.165, 1.54) is 15.5 Å². The molecule has 0 saturated heterocycles. The second-order valence-corrected chi connectivity index (χ2v) is 16.1. The van der Waals surface area contributed by atoms with Crippen molar-refractivity contribution in [3.63, 3.8) is 0 Å². The Bertz CT molecular complexity index is 3530. The smallest absolute Gasteiger partial charge is 0.166 e. The van der Waals surface area contributed by atoms with Gasteiger partial charge in [0.05, 0.1) is 16.7 Å². The third kappa shape index (κ3) is 6.12. The van der Waals surface area contributed by atoms with Gasteiger partial charge in [-0.25, -0.2) is 29.9 Å². The van der Waals surface area contributed by atoms with Crippen LogP contribution in [0.4, 0.5) is 0 Å². The number of fused-ring (bicyclic) bond motifs is 6. The van der Waals surface area contributed by atoms with Gasteiger partial charge in [-0.15, -0.1) is 11.3 Å². The molecule has 4 aromatic heterocycles. The molecule has 0 aliphatic rings. The molecule has 0 fully saturated rings. The molecule has 0 radical (unpaired) electrons. The van der Waals surface area contributed by atoms with E-state index in [2.05, 4.69) is 114 Å². The van der Waals surface area contributed by atoms with Crippen LogP contribution in [0.2, 0.25) is 0 Å². The Morgan fingerprint density at radius 2 is 0.742 bits per heavy atom. The van der Waals surface area contributed by atoms with Crippen LogP contribution in [0.5, 0.6) is 0 Å². The van der Waals surface area contributed by atoms with E-state index >= 15 is 0 Å². The Kier molecular flexibility index (Phi) is 8.53. The molecule has 0 N–H and O–H groups in total. The first kappa shape index (κ1) is 35.7. The van der Waals surface area contributed by atoms with Crippen LogP contribution >= 0.6 is 11.3 Å². The Balaban J connectivity index is 1.14. The molecule has 12 rings (SSSR count). The first-order valence-electron chi connectivity index (χ1n) is 20.5. The lowest BCUT2D eigenvalue weighted by atomic mass is 10.0. The van der Waals surface area contributed by atoms with Crippen LogP contribution in [0.1, 0.15) is 0 Å². The van der Waals surface area contributed by atoms with Crippen LogP contribution in [0.3, 0.4) is 0 Å². The maximum absolute atomic E-state index is 5.30. The number of thiophene rings is 1. The van der Waals surface area contributed by atoms with Gasteiger partial charge in [0.2, 0.25) is 0 Å². The van der Waals surface area contributed by atoms with Crippen LogP contribution in [0.15, 0.2) is 200 Å². The van der Waals surface area contributed by atoms with Gasteiger partial charge in [0, 0.05) is 64.3 Å². The van der Waals surface area contributed by atoms with Crippen LogP contribution in [-0.2, 0) is 0 Å². The number of hydrogen-bond donors (Lipinski definition) is 0. The number of rotatable bonds is 7. The molecule has 0 saturated carbocycles. The highest BCUT2D eigenvalue weighted by Gasteiger charge is 2.22. The van der Waals surface area contributed by atoms with Crippen LogP contribution < -0.4 is 0 Å². The van der Waals surface area contributed by atoms with Gasteiger partial charge in [-0.05, 0) is 42.5 Å². The average Bonchev–Trinajstić information content (AvgIpc) is 3.90. The van der Waals surface area contributed by atoms with Gasteiger partial charge in [0.1, 0.15) is 0 Å². The molecule has 0 aliphatic heterocycles. The zero-order chi connectivity index (χ0) is 41.0. The zero-order valence-electron chi connectivity index (χ0n) is 33.1. The molecule has 0 unspecified atom stereocenters. The van der Waals surface area contributed by atoms with Crippen molar-refractivity contribution >= 4 is 53.3 Å². The SMILES string of the molecule is c1ccc(-c2nc(-c3ccccc3)nc(-c3cc(-c4nc(-c5ccccc5)nc(-c5cccc6c5sc5ccccc56)n4)ccc3-n3c4ccccc4c4ccccc43)n2)cc1. The average molecular weight is 812 g/mol. The normalized spacial score (nSPS) is 11.5. The second-order valence-electron chi connectivity index (χ2n) is 15.1. The Hall–Kier alpha value is -8.20. The minimum absolute atomic E-state index is 0.532. The van der Waals surface area contributed by atoms with E-state index in [4.69, 9.17) is 29.9 Å². The van der Waals surface area contributed by atoms with Gasteiger partial charge in [0.25, 0.3) is 0 Å². The minimum Gasteiger partial charge on any atom is -0.309 e. The van der Waals surface area contributed by atoms with E-state index in [1.54, 1.807) is 11.3 Å². The number of aromatic nitrogens is 7. The summed E-state index contributed by atoms with van der Waals surface area (Å²) in [4.78, 5) is 31.2. The van der Waals surface area contributed by atoms with Gasteiger partial charge in [-0.1, -0.05) is 158 Å². The van der Waals surface area contributed by atoms with Gasteiger partial charge < -0.3 is 4.57 Å². The van der Waals surface area contributed by atoms with E-state index in [0.717, 1.165) is 65.6 Å². The highest BCUT2D eigenvalue weighted by molar-refractivity contribution is 7.26. The monoisotopic (exact) mass is 811 g/mol. The third-order valence-corrected chi connectivity index (χ3v) is 12.5. The van der Waals surface area contributed by atoms with Gasteiger partial charge in [0.15, 0.2) is 34.9 Å². The Morgan fingerprint density at radius 1 is 0.306 bits per heavy atom. The number of nitrogens with zero attached hydrogens (tertiary/aromatic N) is 7. The number of para-hydroxylation sites is 2. The van der Waals surface area contributed by atoms with Crippen LogP contribution in [0, 0.1) is 0 Å². The fraction of sp³-hybridized carbons (Fsp3) is 0. The molecule has 7 nitrogen and oxygen atoms in total. The summed E-state index contributed by atoms with van der Waals surface area (Å²) in [6, 6.07) is 68.7. The van der Waals surface area contributed by atoms with Crippen molar-refractivity contribution in [2.24, 2.45) is 0 Å². The molecule has 8 heteroatoms. The van der Waals surface area contributed by atoms with E-state index < -0.39 is 0 Å². The maximum Gasteiger partial charge on any atom is 0.166 e. The molecule has 62 heavy (non-hydrogen) atoms. The number of hydrogen-bond acceptors (Lipinski definition) is 7. The summed E-state index contributed by atoms with van der Waals surface area (Å²) in [5, 5.41) is 4.73. The van der Waals surface area contributed by atoms with Gasteiger partial charge in [-0.2, -0.15) is 0 Å². The van der Waals surface area contributed by atoms with E-state index in [-0.39, 0.29) is 0 Å². The largest absolute Gasteiger partial charge is 0.309 e. The summed E-state index contributed by atoms with van der Waals surface area (Å²) in [5.74, 6) is 3.44. The van der Waals surface area contributed by atoms with Gasteiger partial charge in [-0.3, -0.25) is 0 Å². The first-order chi connectivity index (χ1) is 30.7. The molecule has 12 aromatic rings. The fourth-order valence-electron chi connectivity index (χ4n) is 8.43. The Morgan fingerprint density at radius 3 is 1.31 bits per heavy atom. The lowest BCUT2D eigenvalue weighted by Gasteiger charge is -2.16. The predicted molar refractivity (Wildman–Crippen MR) is 253 cm³/mol. The van der Waals surface area contributed by atoms with E-state index in [9.17, 15) is 0 Å². The molecule has 0 bridgehead atoms.